The Balaban J connectivity index is 1.55. The van der Waals surface area contributed by atoms with Crippen LogP contribution in [0.25, 0.3) is 0 Å². The van der Waals surface area contributed by atoms with E-state index in [-0.39, 0.29) is 0 Å². The number of carbonyl (C=O) groups is 1. The lowest BCUT2D eigenvalue weighted by Crippen LogP contribution is -2.27. The van der Waals surface area contributed by atoms with E-state index in [1.54, 1.807) is 0 Å². The van der Waals surface area contributed by atoms with Crippen molar-refractivity contribution in [1.29, 1.82) is 0 Å². The summed E-state index contributed by atoms with van der Waals surface area (Å²) in [5.41, 5.74) is 0. The molecule has 1 nitrogen and oxygen atoms in total. The highest BCUT2D eigenvalue weighted by Crippen LogP contribution is 2.46. The first kappa shape index (κ1) is 10.2. The van der Waals surface area contributed by atoms with Crippen LogP contribution in [-0.2, 0) is 4.79 Å². The van der Waals surface area contributed by atoms with Crippen LogP contribution in [0.5, 0.6) is 0 Å². The van der Waals surface area contributed by atoms with Crippen molar-refractivity contribution in [3.05, 3.63) is 0 Å². The van der Waals surface area contributed by atoms with E-state index in [4.69, 9.17) is 0 Å². The molecule has 0 aromatic rings. The number of ketones is 1. The third-order valence-corrected chi connectivity index (χ3v) is 6.09. The molecule has 2 atom stereocenters. The molecule has 84 valence electrons. The smallest absolute Gasteiger partial charge is 0.136 e. The Bertz CT molecular complexity index is 247. The molecule has 2 bridgehead atoms. The zero-order valence-corrected chi connectivity index (χ0v) is 10.1. The maximum atomic E-state index is 12.1. The summed E-state index contributed by atoms with van der Waals surface area (Å²) < 4.78 is 0. The van der Waals surface area contributed by atoms with Gasteiger partial charge in [0.05, 0.1) is 0 Å². The van der Waals surface area contributed by atoms with Gasteiger partial charge in [-0.15, -0.1) is 0 Å². The van der Waals surface area contributed by atoms with E-state index in [1.807, 2.05) is 0 Å². The van der Waals surface area contributed by atoms with Crippen LogP contribution in [0.15, 0.2) is 0 Å². The van der Waals surface area contributed by atoms with Gasteiger partial charge in [0.15, 0.2) is 0 Å². The molecule has 2 saturated heterocycles. The molecule has 0 aromatic heterocycles. The molecule has 3 aliphatic rings. The average Bonchev–Trinajstić information content (AvgIpc) is 2.51. The highest BCUT2D eigenvalue weighted by Gasteiger charge is 2.38. The van der Waals surface area contributed by atoms with Crippen LogP contribution in [0.3, 0.4) is 0 Å². The van der Waals surface area contributed by atoms with Crippen molar-refractivity contribution in [1.82, 2.24) is 0 Å². The Morgan fingerprint density at radius 3 is 2.27 bits per heavy atom. The lowest BCUT2D eigenvalue weighted by molar-refractivity contribution is -0.124. The van der Waals surface area contributed by atoms with Crippen molar-refractivity contribution in [3.63, 3.8) is 0 Å². The first-order valence-electron chi connectivity index (χ1n) is 6.49. The summed E-state index contributed by atoms with van der Waals surface area (Å²) in [6, 6.07) is 0. The third kappa shape index (κ3) is 2.11. The second kappa shape index (κ2) is 4.12. The summed E-state index contributed by atoms with van der Waals surface area (Å²) in [5.74, 6) is 1.82. The molecule has 0 radical (unpaired) electrons. The molecule has 0 spiro atoms. The Labute approximate surface area is 96.4 Å². The minimum atomic E-state index is 0.448. The van der Waals surface area contributed by atoms with Crippen molar-refractivity contribution in [2.75, 3.05) is 0 Å². The zero-order valence-electron chi connectivity index (χ0n) is 9.28. The minimum Gasteiger partial charge on any atom is -0.299 e. The van der Waals surface area contributed by atoms with Crippen LogP contribution in [0, 0.1) is 11.8 Å². The Morgan fingerprint density at radius 2 is 1.73 bits per heavy atom. The Kier molecular flexibility index (Phi) is 2.80. The van der Waals surface area contributed by atoms with Gasteiger partial charge in [-0.2, -0.15) is 11.8 Å². The van der Waals surface area contributed by atoms with Crippen molar-refractivity contribution >= 4 is 17.5 Å². The number of carbonyl (C=O) groups excluding carboxylic acids is 1. The van der Waals surface area contributed by atoms with Gasteiger partial charge in [-0.1, -0.05) is 19.3 Å². The predicted molar refractivity (Wildman–Crippen MR) is 64.1 cm³/mol. The number of hydrogen-bond acceptors (Lipinski definition) is 2. The molecule has 2 heterocycles. The molecule has 1 aliphatic carbocycles. The summed E-state index contributed by atoms with van der Waals surface area (Å²) in [6.07, 6.45) is 10.1. The van der Waals surface area contributed by atoms with E-state index < -0.39 is 0 Å². The van der Waals surface area contributed by atoms with Gasteiger partial charge in [0.1, 0.15) is 5.78 Å². The maximum absolute atomic E-state index is 12.1. The molecule has 2 aliphatic heterocycles. The summed E-state index contributed by atoms with van der Waals surface area (Å²) >= 11 is 2.16. The molecule has 3 fully saturated rings. The number of Topliss-reactive ketones (excluding diaryl/α,β-unsaturated/α-hetero) is 1. The molecular weight excluding hydrogens is 204 g/mol. The quantitative estimate of drug-likeness (QED) is 0.730. The van der Waals surface area contributed by atoms with Crippen LogP contribution in [0.2, 0.25) is 0 Å². The lowest BCUT2D eigenvalue weighted by atomic mass is 9.78. The van der Waals surface area contributed by atoms with Crippen LogP contribution in [-0.4, -0.2) is 16.3 Å². The Morgan fingerprint density at radius 1 is 1.07 bits per heavy atom. The Hall–Kier alpha value is 0.0200. The minimum absolute atomic E-state index is 0.448. The van der Waals surface area contributed by atoms with Gasteiger partial charge >= 0.3 is 0 Å². The molecule has 0 N–H and O–H groups in total. The molecule has 0 amide bonds. The highest BCUT2D eigenvalue weighted by atomic mass is 32.2. The van der Waals surface area contributed by atoms with E-state index in [2.05, 4.69) is 11.8 Å². The lowest BCUT2D eigenvalue weighted by Gasteiger charge is -2.30. The van der Waals surface area contributed by atoms with Crippen LogP contribution in [0.1, 0.15) is 51.4 Å². The zero-order chi connectivity index (χ0) is 10.3. The molecule has 3 rings (SSSR count). The second-order valence-corrected chi connectivity index (χ2v) is 7.20. The normalized spacial score (nSPS) is 40.1. The second-order valence-electron chi connectivity index (χ2n) is 5.59. The molecule has 15 heavy (non-hydrogen) atoms. The number of fused-ring (bicyclic) bond motifs is 2. The monoisotopic (exact) mass is 224 g/mol. The van der Waals surface area contributed by atoms with Crippen molar-refractivity contribution < 1.29 is 4.79 Å². The fraction of sp³-hybridized carbons (Fsp3) is 0.923. The van der Waals surface area contributed by atoms with E-state index in [0.29, 0.717) is 11.7 Å². The van der Waals surface area contributed by atoms with Gasteiger partial charge in [0, 0.05) is 22.8 Å². The molecule has 1 saturated carbocycles. The summed E-state index contributed by atoms with van der Waals surface area (Å²) in [5, 5.41) is 1.66. The van der Waals surface area contributed by atoms with Gasteiger partial charge < -0.3 is 0 Å². The predicted octanol–water partition coefficient (Wildman–Crippen LogP) is 3.42. The molecule has 2 heteroatoms. The number of thioether (sulfide) groups is 1. The fourth-order valence-corrected chi connectivity index (χ4v) is 5.04. The van der Waals surface area contributed by atoms with Crippen molar-refractivity contribution in [2.45, 2.75) is 61.9 Å². The SMILES string of the molecule is O=C(CC1CCC1)C1CC2CCC(C1)S2. The summed E-state index contributed by atoms with van der Waals surface area (Å²) in [7, 11) is 0. The number of hydrogen-bond donors (Lipinski definition) is 0. The van der Waals surface area contributed by atoms with E-state index >= 15 is 0 Å². The third-order valence-electron chi connectivity index (χ3n) is 4.46. The maximum Gasteiger partial charge on any atom is 0.136 e. The number of rotatable bonds is 3. The van der Waals surface area contributed by atoms with Crippen molar-refractivity contribution in [3.8, 4) is 0 Å². The highest BCUT2D eigenvalue weighted by molar-refractivity contribution is 8.00. The average molecular weight is 224 g/mol. The van der Waals surface area contributed by atoms with Gasteiger partial charge in [0.25, 0.3) is 0 Å². The summed E-state index contributed by atoms with van der Waals surface area (Å²) in [6.45, 7) is 0. The van der Waals surface area contributed by atoms with Crippen molar-refractivity contribution in [2.24, 2.45) is 11.8 Å². The van der Waals surface area contributed by atoms with E-state index in [9.17, 15) is 4.79 Å². The van der Waals surface area contributed by atoms with Gasteiger partial charge in [-0.3, -0.25) is 4.79 Å². The van der Waals surface area contributed by atoms with Gasteiger partial charge in [-0.25, -0.2) is 0 Å². The molecular formula is C13H20OS. The summed E-state index contributed by atoms with van der Waals surface area (Å²) in [4.78, 5) is 12.1. The molecule has 0 aromatic carbocycles. The fourth-order valence-electron chi connectivity index (χ4n) is 3.27. The largest absolute Gasteiger partial charge is 0.299 e. The van der Waals surface area contributed by atoms with Gasteiger partial charge in [-0.05, 0) is 31.6 Å². The van der Waals surface area contributed by atoms with E-state index in [0.717, 1.165) is 22.8 Å². The van der Waals surface area contributed by atoms with Gasteiger partial charge in [0.2, 0.25) is 0 Å². The van der Waals surface area contributed by atoms with Crippen LogP contribution < -0.4 is 0 Å². The standard InChI is InChI=1S/C13H20OS/c14-13(6-9-2-1-3-9)10-7-11-4-5-12(8-10)15-11/h9-12H,1-8H2. The van der Waals surface area contributed by atoms with Crippen LogP contribution >= 0.6 is 11.8 Å². The van der Waals surface area contributed by atoms with E-state index in [1.165, 1.54) is 44.9 Å². The molecule has 2 unspecified atom stereocenters. The topological polar surface area (TPSA) is 17.1 Å². The van der Waals surface area contributed by atoms with Crippen LogP contribution in [0.4, 0.5) is 0 Å². The first-order valence-corrected chi connectivity index (χ1v) is 7.43. The first-order chi connectivity index (χ1) is 7.31.